The van der Waals surface area contributed by atoms with Crippen molar-refractivity contribution in [2.24, 2.45) is 0 Å². The minimum Gasteiger partial charge on any atom is -0.565 e. The van der Waals surface area contributed by atoms with Gasteiger partial charge in [-0.15, -0.1) is 0 Å². The quantitative estimate of drug-likeness (QED) is 0.256. The van der Waals surface area contributed by atoms with Crippen molar-refractivity contribution in [2.75, 3.05) is 5.73 Å². The second-order valence-corrected chi connectivity index (χ2v) is 1.89. The molecular formula is C7H8NNaO. The van der Waals surface area contributed by atoms with E-state index >= 15 is 0 Å². The van der Waals surface area contributed by atoms with Crippen molar-refractivity contribution in [3.05, 3.63) is 30.7 Å². The second-order valence-electron chi connectivity index (χ2n) is 1.89. The van der Waals surface area contributed by atoms with Gasteiger partial charge in [0.1, 0.15) is 0 Å². The molecular weight excluding hydrogens is 137 g/mol. The van der Waals surface area contributed by atoms with Crippen LogP contribution >= 0.6 is 0 Å². The van der Waals surface area contributed by atoms with E-state index in [0.29, 0.717) is 11.3 Å². The van der Waals surface area contributed by atoms with Crippen molar-refractivity contribution in [3.63, 3.8) is 0 Å². The summed E-state index contributed by atoms with van der Waals surface area (Å²) >= 11 is 0. The third kappa shape index (κ3) is 2.14. The van der Waals surface area contributed by atoms with Crippen LogP contribution in [-0.4, -0.2) is 5.11 Å². The molecule has 0 aliphatic rings. The Morgan fingerprint density at radius 2 is 2.00 bits per heavy atom. The Labute approximate surface area is 82.3 Å². The van der Waals surface area contributed by atoms with Gasteiger partial charge in [0.15, 0.2) is 0 Å². The summed E-state index contributed by atoms with van der Waals surface area (Å²) in [5.74, 6) is 0.148. The summed E-state index contributed by atoms with van der Waals surface area (Å²) in [6.45, 7) is 3.56. The van der Waals surface area contributed by atoms with Crippen LogP contribution in [0.1, 0.15) is 5.56 Å². The fourth-order valence-corrected chi connectivity index (χ4v) is 0.581. The second kappa shape index (κ2) is 3.76. The van der Waals surface area contributed by atoms with E-state index in [1.54, 1.807) is 12.1 Å². The molecule has 3 N–H and O–H groups in total. The Balaban J connectivity index is 0.000000810. The van der Waals surface area contributed by atoms with Crippen LogP contribution < -0.4 is 35.3 Å². The largest absolute Gasteiger partial charge is 1.00 e. The maximum Gasteiger partial charge on any atom is 1.00 e. The summed E-state index contributed by atoms with van der Waals surface area (Å²) in [6, 6.07) is 4.84. The van der Waals surface area contributed by atoms with E-state index < -0.39 is 0 Å². The number of hydrogen-bond donors (Lipinski definition) is 2. The smallest absolute Gasteiger partial charge is 0.565 e. The third-order valence-corrected chi connectivity index (χ3v) is 1.11. The molecule has 48 valence electrons. The molecule has 0 unspecified atom stereocenters. The van der Waals surface area contributed by atoms with Gasteiger partial charge in [-0.05, 0) is 0 Å². The van der Waals surface area contributed by atoms with Gasteiger partial charge >= 0.3 is 29.6 Å². The number of phenols is 1. The van der Waals surface area contributed by atoms with Gasteiger partial charge in [-0.2, -0.15) is 18.6 Å². The van der Waals surface area contributed by atoms with Crippen LogP contribution in [0.4, 0.5) is 5.69 Å². The van der Waals surface area contributed by atoms with Crippen LogP contribution in [0, 0.1) is 6.92 Å². The molecule has 1 aromatic rings. The molecule has 0 heterocycles. The van der Waals surface area contributed by atoms with Crippen molar-refractivity contribution < 1.29 is 34.7 Å². The van der Waals surface area contributed by atoms with E-state index in [2.05, 4.69) is 6.92 Å². The molecule has 0 spiro atoms. The summed E-state index contributed by atoms with van der Waals surface area (Å²) in [5, 5.41) is 8.96. The van der Waals surface area contributed by atoms with Crippen LogP contribution in [0.25, 0.3) is 0 Å². The monoisotopic (exact) mass is 145 g/mol. The zero-order valence-electron chi connectivity index (χ0n) is 5.96. The average molecular weight is 145 g/mol. The van der Waals surface area contributed by atoms with Crippen LogP contribution in [0.2, 0.25) is 0 Å². The van der Waals surface area contributed by atoms with Gasteiger partial charge in [-0.25, -0.2) is 0 Å². The molecule has 0 aromatic heterocycles. The number of nitrogen functional groups attached to an aromatic ring is 1. The van der Waals surface area contributed by atoms with E-state index in [1.807, 2.05) is 0 Å². The van der Waals surface area contributed by atoms with Crippen molar-refractivity contribution in [1.82, 2.24) is 0 Å². The molecule has 0 amide bonds. The summed E-state index contributed by atoms with van der Waals surface area (Å²) in [7, 11) is 0. The fourth-order valence-electron chi connectivity index (χ4n) is 0.581. The van der Waals surface area contributed by atoms with Gasteiger partial charge in [0, 0.05) is 11.4 Å². The number of aromatic hydroxyl groups is 1. The predicted octanol–water partition coefficient (Wildman–Crippen LogP) is -1.84. The first-order valence-corrected chi connectivity index (χ1v) is 2.60. The Kier molecular flexibility index (Phi) is 3.64. The number of benzene rings is 1. The van der Waals surface area contributed by atoms with Crippen LogP contribution in [0.5, 0.6) is 5.75 Å². The SMILES string of the molecule is [CH2-]c1ccc(N)cc1O.[Na+]. The van der Waals surface area contributed by atoms with E-state index in [9.17, 15) is 0 Å². The summed E-state index contributed by atoms with van der Waals surface area (Å²) in [6.07, 6.45) is 0. The first-order valence-electron chi connectivity index (χ1n) is 2.60. The molecule has 0 saturated heterocycles. The summed E-state index contributed by atoms with van der Waals surface area (Å²) < 4.78 is 0. The first kappa shape index (κ1) is 9.69. The van der Waals surface area contributed by atoms with E-state index in [-0.39, 0.29) is 35.3 Å². The Morgan fingerprint density at radius 3 is 2.40 bits per heavy atom. The number of nitrogens with two attached hydrogens (primary N) is 1. The summed E-state index contributed by atoms with van der Waals surface area (Å²) in [4.78, 5) is 0. The maximum atomic E-state index is 8.96. The number of anilines is 1. The Morgan fingerprint density at radius 1 is 1.40 bits per heavy atom. The molecule has 0 bridgehead atoms. The van der Waals surface area contributed by atoms with Gasteiger partial charge in [0.25, 0.3) is 0 Å². The normalized spacial score (nSPS) is 8.40. The van der Waals surface area contributed by atoms with Crippen molar-refractivity contribution in [2.45, 2.75) is 0 Å². The zero-order valence-corrected chi connectivity index (χ0v) is 7.96. The van der Waals surface area contributed by atoms with E-state index in [0.717, 1.165) is 0 Å². The molecule has 0 saturated carbocycles. The number of phenolic OH excluding ortho intramolecular Hbond substituents is 1. The topological polar surface area (TPSA) is 46.2 Å². The minimum absolute atomic E-state index is 0. The molecule has 10 heavy (non-hydrogen) atoms. The molecule has 0 radical (unpaired) electrons. The van der Waals surface area contributed by atoms with Gasteiger partial charge < -0.3 is 10.8 Å². The summed E-state index contributed by atoms with van der Waals surface area (Å²) in [5.41, 5.74) is 6.50. The molecule has 3 heteroatoms. The van der Waals surface area contributed by atoms with Gasteiger partial charge in [-0.3, -0.25) is 0 Å². The number of hydrogen-bond acceptors (Lipinski definition) is 2. The molecule has 0 aliphatic carbocycles. The van der Waals surface area contributed by atoms with Gasteiger partial charge in [-0.1, -0.05) is 12.1 Å². The Bertz CT molecular complexity index is 225. The molecule has 0 aliphatic heterocycles. The van der Waals surface area contributed by atoms with E-state index in [1.165, 1.54) is 6.07 Å². The van der Waals surface area contributed by atoms with Crippen LogP contribution in [0.3, 0.4) is 0 Å². The molecule has 1 rings (SSSR count). The third-order valence-electron chi connectivity index (χ3n) is 1.11. The molecule has 2 nitrogen and oxygen atoms in total. The van der Waals surface area contributed by atoms with Crippen molar-refractivity contribution in [3.8, 4) is 5.75 Å². The van der Waals surface area contributed by atoms with Crippen LogP contribution in [-0.2, 0) is 0 Å². The average Bonchev–Trinajstić information content (AvgIpc) is 1.80. The standard InChI is InChI=1S/C7H8NO.Na/c1-5-2-3-6(8)4-7(5)9;/h2-4,9H,1,8H2;/q-1;+1. The van der Waals surface area contributed by atoms with Crippen molar-refractivity contribution in [1.29, 1.82) is 0 Å². The molecule has 0 atom stereocenters. The predicted molar refractivity (Wildman–Crippen MR) is 37.0 cm³/mol. The molecule has 0 fully saturated rings. The number of rotatable bonds is 0. The zero-order chi connectivity index (χ0) is 6.85. The first-order chi connectivity index (χ1) is 4.20. The minimum atomic E-state index is 0. The van der Waals surface area contributed by atoms with Crippen molar-refractivity contribution >= 4 is 5.69 Å². The van der Waals surface area contributed by atoms with Gasteiger partial charge in [0.05, 0.1) is 0 Å². The van der Waals surface area contributed by atoms with E-state index in [4.69, 9.17) is 10.8 Å². The maximum absolute atomic E-state index is 8.96. The Hall–Kier alpha value is -0.310. The van der Waals surface area contributed by atoms with Crippen LogP contribution in [0.15, 0.2) is 18.2 Å². The van der Waals surface area contributed by atoms with Gasteiger partial charge in [0.2, 0.25) is 0 Å². The fraction of sp³-hybridized carbons (Fsp3) is 0. The molecule has 1 aromatic carbocycles.